The molecule has 2 unspecified atom stereocenters. The van der Waals surface area contributed by atoms with Crippen molar-refractivity contribution in [2.75, 3.05) is 52.4 Å². The van der Waals surface area contributed by atoms with Crippen LogP contribution >= 0.6 is 11.6 Å². The molecule has 1 N–H and O–H groups in total. The topological polar surface area (TPSA) is 91.1 Å². The molecular formula is C35H45ClF5N5O4. The number of rotatable bonds is 8. The van der Waals surface area contributed by atoms with Gasteiger partial charge >= 0.3 is 18.1 Å². The molecule has 1 aromatic heterocycles. The third-order valence-corrected chi connectivity index (χ3v) is 9.31. The molecule has 2 aromatic rings. The van der Waals surface area contributed by atoms with Crippen LogP contribution in [-0.4, -0.2) is 105 Å². The summed E-state index contributed by atoms with van der Waals surface area (Å²) in [6, 6.07) is 9.94. The fourth-order valence-corrected chi connectivity index (χ4v) is 7.03. The number of carboxylic acid groups (broad SMARTS) is 1. The number of allylic oxidation sites excluding steroid dienone is 2. The number of alkyl halides is 6. The van der Waals surface area contributed by atoms with Crippen LogP contribution in [0.2, 0.25) is 0 Å². The smallest absolute Gasteiger partial charge is 0.475 e. The van der Waals surface area contributed by atoms with Gasteiger partial charge in [-0.05, 0) is 36.8 Å². The molecule has 50 heavy (non-hydrogen) atoms. The zero-order valence-electron chi connectivity index (χ0n) is 28.7. The first-order valence-corrected chi connectivity index (χ1v) is 17.0. The molecule has 276 valence electrons. The van der Waals surface area contributed by atoms with Crippen molar-refractivity contribution < 1.29 is 41.4 Å². The highest BCUT2D eigenvalue weighted by Gasteiger charge is 2.41. The molecule has 2 aliphatic heterocycles. The highest BCUT2D eigenvalue weighted by Crippen LogP contribution is 2.42. The fraction of sp³-hybridized carbons (Fsp3) is 0.571. The van der Waals surface area contributed by atoms with E-state index in [1.165, 1.54) is 10.9 Å². The average Bonchev–Trinajstić information content (AvgIpc) is 3.51. The second-order valence-electron chi connectivity index (χ2n) is 13.8. The molecule has 1 aromatic carbocycles. The number of halogens is 6. The van der Waals surface area contributed by atoms with Gasteiger partial charge in [-0.1, -0.05) is 68.8 Å². The van der Waals surface area contributed by atoms with Crippen molar-refractivity contribution in [3.8, 4) is 0 Å². The number of aromatic nitrogens is 2. The molecule has 0 radical (unpaired) electrons. The van der Waals surface area contributed by atoms with Crippen LogP contribution in [0.1, 0.15) is 81.0 Å². The van der Waals surface area contributed by atoms with E-state index in [2.05, 4.69) is 64.9 Å². The number of piperidine rings is 1. The van der Waals surface area contributed by atoms with E-state index in [1.807, 2.05) is 18.2 Å². The maximum absolute atomic E-state index is 14.3. The lowest BCUT2D eigenvalue weighted by Crippen LogP contribution is -2.56. The lowest BCUT2D eigenvalue weighted by molar-refractivity contribution is -0.192. The number of carbonyl (C=O) groups is 2. The number of nitrogens with zero attached hydrogens (tertiary/aromatic N) is 5. The average molecular weight is 730 g/mol. The molecule has 0 saturated carbocycles. The number of piperazine rings is 1. The summed E-state index contributed by atoms with van der Waals surface area (Å²) in [7, 11) is 0. The number of benzene rings is 1. The monoisotopic (exact) mass is 729 g/mol. The van der Waals surface area contributed by atoms with Gasteiger partial charge in [0.25, 0.3) is 6.43 Å². The molecule has 0 amide bonds. The zero-order chi connectivity index (χ0) is 36.9. The summed E-state index contributed by atoms with van der Waals surface area (Å²) in [4.78, 5) is 27.8. The van der Waals surface area contributed by atoms with E-state index in [-0.39, 0.29) is 29.3 Å². The van der Waals surface area contributed by atoms with E-state index >= 15 is 0 Å². The quantitative estimate of drug-likeness (QED) is 0.132. The predicted molar refractivity (Wildman–Crippen MR) is 180 cm³/mol. The number of ether oxygens (including phenoxy) is 1. The van der Waals surface area contributed by atoms with Gasteiger partial charge in [0.1, 0.15) is 16.3 Å². The Morgan fingerprint density at radius 2 is 1.72 bits per heavy atom. The first-order chi connectivity index (χ1) is 23.4. The molecule has 0 spiro atoms. The van der Waals surface area contributed by atoms with Crippen LogP contribution < -0.4 is 0 Å². The maximum Gasteiger partial charge on any atom is 0.490 e. The summed E-state index contributed by atoms with van der Waals surface area (Å²) in [5.74, 6) is -3.52. The van der Waals surface area contributed by atoms with Crippen molar-refractivity contribution in [1.29, 1.82) is 0 Å². The number of carboxylic acids is 1. The van der Waals surface area contributed by atoms with Gasteiger partial charge in [-0.25, -0.2) is 18.4 Å². The van der Waals surface area contributed by atoms with Gasteiger partial charge in [0, 0.05) is 63.5 Å². The third-order valence-electron chi connectivity index (χ3n) is 8.82. The van der Waals surface area contributed by atoms with Crippen molar-refractivity contribution in [2.45, 2.75) is 70.6 Å². The maximum atomic E-state index is 14.3. The number of hydrogen-bond acceptors (Lipinski definition) is 7. The Kier molecular flexibility index (Phi) is 12.8. The summed E-state index contributed by atoms with van der Waals surface area (Å²) in [5.41, 5.74) is 3.02. The molecular weight excluding hydrogens is 685 g/mol. The number of esters is 1. The lowest BCUT2D eigenvalue weighted by atomic mass is 9.90. The van der Waals surface area contributed by atoms with Crippen LogP contribution in [-0.2, 0) is 9.53 Å². The van der Waals surface area contributed by atoms with E-state index < -0.39 is 29.5 Å². The molecule has 9 nitrogen and oxygen atoms in total. The van der Waals surface area contributed by atoms with Crippen molar-refractivity contribution in [3.05, 3.63) is 71.2 Å². The van der Waals surface area contributed by atoms with Crippen LogP contribution in [0.3, 0.4) is 0 Å². The number of carbonyl (C=O) groups excluding carboxylic acids is 1. The van der Waals surface area contributed by atoms with Crippen LogP contribution in [0.15, 0.2) is 54.4 Å². The van der Waals surface area contributed by atoms with Gasteiger partial charge in [-0.2, -0.15) is 18.3 Å². The fourth-order valence-electron chi connectivity index (χ4n) is 6.67. The van der Waals surface area contributed by atoms with Crippen LogP contribution in [0.25, 0.3) is 5.57 Å². The molecule has 1 aliphatic carbocycles. The lowest BCUT2D eigenvalue weighted by Gasteiger charge is -2.47. The number of hydrogen-bond donors (Lipinski definition) is 1. The second-order valence-corrected chi connectivity index (χ2v) is 14.5. The van der Waals surface area contributed by atoms with E-state index in [4.69, 9.17) is 26.2 Å². The van der Waals surface area contributed by atoms with Gasteiger partial charge in [0.05, 0.1) is 18.8 Å². The van der Waals surface area contributed by atoms with Crippen molar-refractivity contribution in [2.24, 2.45) is 5.41 Å². The van der Waals surface area contributed by atoms with E-state index in [1.54, 1.807) is 6.92 Å². The highest BCUT2D eigenvalue weighted by atomic mass is 35.5. The molecule has 0 bridgehead atoms. The number of likely N-dealkylation sites (tertiary alicyclic amines) is 1. The van der Waals surface area contributed by atoms with Crippen LogP contribution in [0, 0.1) is 5.41 Å². The molecule has 2 atom stereocenters. The molecule has 3 aliphatic rings. The minimum absolute atomic E-state index is 0.111. The van der Waals surface area contributed by atoms with Gasteiger partial charge in [-0.3, -0.25) is 9.58 Å². The Morgan fingerprint density at radius 3 is 2.28 bits per heavy atom. The second kappa shape index (κ2) is 16.2. The molecule has 2 saturated heterocycles. The van der Waals surface area contributed by atoms with E-state index in [9.17, 15) is 26.7 Å². The van der Waals surface area contributed by atoms with E-state index in [0.717, 1.165) is 62.5 Å². The SMILES string of the molecule is CCOC(=O)c1cnn(C2CCCN(C3=C(c4ccccc4)C=CC(Cl)(N4CCN(CC(C)(C)C)CC4)C3)C2)c1C(F)F.O=C(O)C(F)(F)F. The van der Waals surface area contributed by atoms with Gasteiger partial charge < -0.3 is 19.6 Å². The van der Waals surface area contributed by atoms with Crippen molar-refractivity contribution >= 4 is 29.1 Å². The zero-order valence-corrected chi connectivity index (χ0v) is 29.5. The van der Waals surface area contributed by atoms with Gasteiger partial charge in [-0.15, -0.1) is 0 Å². The summed E-state index contributed by atoms with van der Waals surface area (Å²) in [6.07, 6.45) is -0.334. The first-order valence-electron chi connectivity index (χ1n) is 16.7. The van der Waals surface area contributed by atoms with Crippen molar-refractivity contribution in [1.82, 2.24) is 24.5 Å². The molecule has 3 heterocycles. The number of aliphatic carboxylic acids is 1. The largest absolute Gasteiger partial charge is 0.490 e. The van der Waals surface area contributed by atoms with Crippen LogP contribution in [0.5, 0.6) is 0 Å². The van der Waals surface area contributed by atoms with Gasteiger partial charge in [0.2, 0.25) is 0 Å². The minimum atomic E-state index is -5.08. The Bertz CT molecular complexity index is 1530. The molecule has 15 heteroatoms. The summed E-state index contributed by atoms with van der Waals surface area (Å²) >= 11 is 7.48. The predicted octanol–water partition coefficient (Wildman–Crippen LogP) is 7.24. The standard InChI is InChI=1S/C33H44ClF2N5O2.C2HF3O2/c1-5-43-31(42)27-21-37-41(29(27)30(35)36)25-12-9-15-39(22-25)28-20-33(34,14-13-26(28)24-10-7-6-8-11-24)40-18-16-38(17-19-40)23-32(2,3)4;3-2(4,5)1(6)7/h6-8,10-11,13-14,21,25,30H,5,9,12,15-20,22-23H2,1-4H3;(H,6,7). The minimum Gasteiger partial charge on any atom is -0.475 e. The Labute approximate surface area is 294 Å². The summed E-state index contributed by atoms with van der Waals surface area (Å²) < 4.78 is 66.7. The third kappa shape index (κ3) is 9.85. The van der Waals surface area contributed by atoms with Gasteiger partial charge in [0.15, 0.2) is 0 Å². The molecule has 5 rings (SSSR count). The van der Waals surface area contributed by atoms with Crippen LogP contribution in [0.4, 0.5) is 22.0 Å². The highest BCUT2D eigenvalue weighted by molar-refractivity contribution is 6.25. The van der Waals surface area contributed by atoms with E-state index in [0.29, 0.717) is 19.4 Å². The first kappa shape index (κ1) is 39.3. The Morgan fingerprint density at radius 1 is 1.08 bits per heavy atom. The van der Waals surface area contributed by atoms with Crippen molar-refractivity contribution in [3.63, 3.8) is 0 Å². The molecule has 2 fully saturated rings. The summed E-state index contributed by atoms with van der Waals surface area (Å²) in [5, 5.41) is 11.4. The normalized spacial score (nSPS) is 22.4. The summed E-state index contributed by atoms with van der Waals surface area (Å²) in [6.45, 7) is 14.6. The Balaban J connectivity index is 0.000000727. The Hall–Kier alpha value is -3.49.